The molecular weight excluding hydrogens is 183 g/mol. The number of hydrogen-bond acceptors (Lipinski definition) is 1. The van der Waals surface area contributed by atoms with Gasteiger partial charge >= 0.3 is 6.18 Å². The van der Waals surface area contributed by atoms with Crippen molar-refractivity contribution in [3.63, 3.8) is 0 Å². The van der Waals surface area contributed by atoms with Gasteiger partial charge in [0.15, 0.2) is 0 Å². The van der Waals surface area contributed by atoms with Gasteiger partial charge < -0.3 is 4.90 Å². The number of rotatable bonds is 2. The number of amides is 1. The van der Waals surface area contributed by atoms with Crippen molar-refractivity contribution in [2.45, 2.75) is 13.1 Å². The smallest absolute Gasteiger partial charge is 0.308 e. The third-order valence-corrected chi connectivity index (χ3v) is 1.40. The van der Waals surface area contributed by atoms with Gasteiger partial charge in [0.25, 0.3) is 5.91 Å². The number of carbonyl (C=O) groups excluding carboxylic acids is 1. The second-order valence-corrected chi connectivity index (χ2v) is 2.59. The summed E-state index contributed by atoms with van der Waals surface area (Å²) in [5, 5.41) is 0. The lowest BCUT2D eigenvalue weighted by atomic mass is 10.3. The molecule has 0 atom stereocenters. The standard InChI is InChI=1S/C8H10F3NO/c1-5(2)7(13)12(4)6(3)8(9,10)11/h1,3H2,2,4H3. The highest BCUT2D eigenvalue weighted by Crippen LogP contribution is 2.26. The lowest BCUT2D eigenvalue weighted by Crippen LogP contribution is -2.33. The number of hydrogen-bond donors (Lipinski definition) is 0. The van der Waals surface area contributed by atoms with Gasteiger partial charge in [-0.2, -0.15) is 13.2 Å². The van der Waals surface area contributed by atoms with E-state index in [2.05, 4.69) is 13.2 Å². The van der Waals surface area contributed by atoms with E-state index in [-0.39, 0.29) is 5.57 Å². The van der Waals surface area contributed by atoms with Crippen LogP contribution < -0.4 is 0 Å². The fraction of sp³-hybridized carbons (Fsp3) is 0.375. The molecule has 0 unspecified atom stereocenters. The van der Waals surface area contributed by atoms with Gasteiger partial charge in [0.2, 0.25) is 0 Å². The third kappa shape index (κ3) is 2.93. The number of alkyl halides is 3. The second-order valence-electron chi connectivity index (χ2n) is 2.59. The van der Waals surface area contributed by atoms with Crippen LogP contribution in [0.15, 0.2) is 24.4 Å². The third-order valence-electron chi connectivity index (χ3n) is 1.40. The zero-order valence-corrected chi connectivity index (χ0v) is 7.40. The van der Waals surface area contributed by atoms with Gasteiger partial charge in [0, 0.05) is 12.6 Å². The molecule has 0 aliphatic carbocycles. The number of halogens is 3. The van der Waals surface area contributed by atoms with Gasteiger partial charge in [-0.25, -0.2) is 0 Å². The summed E-state index contributed by atoms with van der Waals surface area (Å²) in [6, 6.07) is 0. The second kappa shape index (κ2) is 3.64. The molecule has 0 rings (SSSR count). The molecule has 0 aromatic heterocycles. The summed E-state index contributed by atoms with van der Waals surface area (Å²) in [6.45, 7) is 7.35. The summed E-state index contributed by atoms with van der Waals surface area (Å²) in [4.78, 5) is 11.4. The number of allylic oxidation sites excluding steroid dienone is 1. The predicted molar refractivity (Wildman–Crippen MR) is 42.8 cm³/mol. The van der Waals surface area contributed by atoms with Crippen LogP contribution in [0.2, 0.25) is 0 Å². The summed E-state index contributed by atoms with van der Waals surface area (Å²) < 4.78 is 36.0. The average molecular weight is 193 g/mol. The predicted octanol–water partition coefficient (Wildman–Crippen LogP) is 2.10. The van der Waals surface area contributed by atoms with Gasteiger partial charge in [-0.15, -0.1) is 0 Å². The molecule has 0 aromatic rings. The summed E-state index contributed by atoms with van der Waals surface area (Å²) in [5.41, 5.74) is -1.16. The van der Waals surface area contributed by atoms with E-state index in [0.717, 1.165) is 7.05 Å². The van der Waals surface area contributed by atoms with E-state index in [0.29, 0.717) is 4.90 Å². The molecule has 13 heavy (non-hydrogen) atoms. The largest absolute Gasteiger partial charge is 0.430 e. The normalized spacial score (nSPS) is 10.8. The Morgan fingerprint density at radius 3 is 1.92 bits per heavy atom. The van der Waals surface area contributed by atoms with Crippen molar-refractivity contribution in [1.29, 1.82) is 0 Å². The molecule has 0 saturated carbocycles. The number of carbonyl (C=O) groups is 1. The lowest BCUT2D eigenvalue weighted by Gasteiger charge is -2.21. The highest BCUT2D eigenvalue weighted by atomic mass is 19.4. The first-order valence-corrected chi connectivity index (χ1v) is 3.37. The minimum atomic E-state index is -4.58. The van der Waals surface area contributed by atoms with Gasteiger partial charge in [-0.3, -0.25) is 4.79 Å². The molecule has 0 saturated heterocycles. The van der Waals surface area contributed by atoms with Crippen LogP contribution in [0.5, 0.6) is 0 Å². The summed E-state index contributed by atoms with van der Waals surface area (Å²) in [6.07, 6.45) is -4.58. The quantitative estimate of drug-likeness (QED) is 0.615. The van der Waals surface area contributed by atoms with Crippen LogP contribution in [0.4, 0.5) is 13.2 Å². The van der Waals surface area contributed by atoms with E-state index in [1.165, 1.54) is 6.92 Å². The van der Waals surface area contributed by atoms with Crippen molar-refractivity contribution in [3.8, 4) is 0 Å². The first-order chi connectivity index (χ1) is 5.68. The van der Waals surface area contributed by atoms with Crippen LogP contribution in [-0.4, -0.2) is 24.0 Å². The molecule has 0 aliphatic heterocycles. The maximum absolute atomic E-state index is 12.0. The van der Waals surface area contributed by atoms with E-state index >= 15 is 0 Å². The van der Waals surface area contributed by atoms with Crippen LogP contribution in [0.1, 0.15) is 6.92 Å². The van der Waals surface area contributed by atoms with Crippen LogP contribution in [0, 0.1) is 0 Å². The Morgan fingerprint density at radius 1 is 1.31 bits per heavy atom. The number of nitrogens with zero attached hydrogens (tertiary/aromatic N) is 1. The van der Waals surface area contributed by atoms with Crippen molar-refractivity contribution in [2.24, 2.45) is 0 Å². The molecule has 0 N–H and O–H groups in total. The van der Waals surface area contributed by atoms with Crippen molar-refractivity contribution in [2.75, 3.05) is 7.05 Å². The zero-order chi connectivity index (χ0) is 10.8. The Balaban J connectivity index is 4.63. The Hall–Kier alpha value is -1.26. The van der Waals surface area contributed by atoms with E-state index in [4.69, 9.17) is 0 Å². The molecule has 74 valence electrons. The molecule has 0 bridgehead atoms. The molecule has 5 heteroatoms. The topological polar surface area (TPSA) is 20.3 Å². The summed E-state index contributed by atoms with van der Waals surface area (Å²) in [5.74, 6) is -0.790. The SMILES string of the molecule is C=C(C)C(=O)N(C)C(=C)C(F)(F)F. The molecule has 0 aliphatic rings. The van der Waals surface area contributed by atoms with E-state index in [9.17, 15) is 18.0 Å². The van der Waals surface area contributed by atoms with E-state index < -0.39 is 17.8 Å². The van der Waals surface area contributed by atoms with Crippen molar-refractivity contribution >= 4 is 5.91 Å². The molecule has 0 fully saturated rings. The monoisotopic (exact) mass is 193 g/mol. The Kier molecular flexibility index (Phi) is 3.28. The van der Waals surface area contributed by atoms with Gasteiger partial charge in [0.05, 0.1) is 0 Å². The minimum Gasteiger partial charge on any atom is -0.308 e. The maximum Gasteiger partial charge on any atom is 0.430 e. The van der Waals surface area contributed by atoms with Crippen molar-refractivity contribution in [1.82, 2.24) is 4.90 Å². The molecule has 2 nitrogen and oxygen atoms in total. The maximum atomic E-state index is 12.0. The van der Waals surface area contributed by atoms with Crippen LogP contribution in [-0.2, 0) is 4.79 Å². The average Bonchev–Trinajstić information content (AvgIpc) is 1.98. The molecule has 0 aromatic carbocycles. The fourth-order valence-electron chi connectivity index (χ4n) is 0.599. The van der Waals surface area contributed by atoms with Crippen molar-refractivity contribution in [3.05, 3.63) is 24.4 Å². The van der Waals surface area contributed by atoms with Crippen LogP contribution >= 0.6 is 0 Å². The summed E-state index contributed by atoms with van der Waals surface area (Å²) in [7, 11) is 1.01. The van der Waals surface area contributed by atoms with Crippen LogP contribution in [0.3, 0.4) is 0 Å². The van der Waals surface area contributed by atoms with Crippen LogP contribution in [0.25, 0.3) is 0 Å². The van der Waals surface area contributed by atoms with Gasteiger partial charge in [-0.1, -0.05) is 13.2 Å². The number of likely N-dealkylation sites (N-methyl/N-ethyl adjacent to an activating group) is 1. The molecular formula is C8H10F3NO. The van der Waals surface area contributed by atoms with E-state index in [1.54, 1.807) is 0 Å². The molecule has 1 amide bonds. The van der Waals surface area contributed by atoms with Crippen molar-refractivity contribution < 1.29 is 18.0 Å². The fourth-order valence-corrected chi connectivity index (χ4v) is 0.599. The molecule has 0 spiro atoms. The molecule has 0 heterocycles. The first-order valence-electron chi connectivity index (χ1n) is 3.37. The first kappa shape index (κ1) is 11.7. The van der Waals surface area contributed by atoms with E-state index in [1.807, 2.05) is 0 Å². The summed E-state index contributed by atoms with van der Waals surface area (Å²) >= 11 is 0. The van der Waals surface area contributed by atoms with Gasteiger partial charge in [-0.05, 0) is 6.92 Å². The minimum absolute atomic E-state index is 0.0351. The zero-order valence-electron chi connectivity index (χ0n) is 7.40. The molecule has 0 radical (unpaired) electrons. The highest BCUT2D eigenvalue weighted by molar-refractivity contribution is 5.93. The highest BCUT2D eigenvalue weighted by Gasteiger charge is 2.36. The lowest BCUT2D eigenvalue weighted by molar-refractivity contribution is -0.136. The Bertz CT molecular complexity index is 255. The Labute approximate surface area is 74.3 Å². The Morgan fingerprint density at radius 2 is 1.69 bits per heavy atom. The van der Waals surface area contributed by atoms with Gasteiger partial charge in [0.1, 0.15) is 5.70 Å².